The number of amides is 1. The van der Waals surface area contributed by atoms with Crippen molar-refractivity contribution in [1.29, 1.82) is 5.26 Å². The molecule has 94 valence electrons. The van der Waals surface area contributed by atoms with Crippen LogP contribution in [0.2, 0.25) is 0 Å². The van der Waals surface area contributed by atoms with Crippen LogP contribution in [0, 0.1) is 17.1 Å². The van der Waals surface area contributed by atoms with Gasteiger partial charge in [0.2, 0.25) is 0 Å². The first-order valence-corrected chi connectivity index (χ1v) is 6.02. The second-order valence-electron chi connectivity index (χ2n) is 3.62. The third-order valence-electron chi connectivity index (χ3n) is 2.31. The van der Waals surface area contributed by atoms with Gasteiger partial charge in [0.15, 0.2) is 0 Å². The molecule has 1 N–H and O–H groups in total. The van der Waals surface area contributed by atoms with E-state index in [1.807, 2.05) is 6.07 Å². The van der Waals surface area contributed by atoms with Crippen molar-refractivity contribution in [1.82, 2.24) is 4.98 Å². The Balaban J connectivity index is 2.18. The Bertz CT molecular complexity index is 665. The van der Waals surface area contributed by atoms with Crippen LogP contribution in [0.3, 0.4) is 0 Å². The van der Waals surface area contributed by atoms with Gasteiger partial charge in [-0.25, -0.2) is 9.37 Å². The summed E-state index contributed by atoms with van der Waals surface area (Å²) in [5.41, 5.74) is 0.702. The number of hydrogen-bond acceptors (Lipinski definition) is 3. The van der Waals surface area contributed by atoms with E-state index in [0.29, 0.717) is 21.4 Å². The average Bonchev–Trinajstić information content (AvgIpc) is 2.39. The van der Waals surface area contributed by atoms with E-state index in [1.54, 1.807) is 6.07 Å². The van der Waals surface area contributed by atoms with Gasteiger partial charge in [0, 0.05) is 10.7 Å². The quantitative estimate of drug-likeness (QED) is 0.924. The average molecular weight is 320 g/mol. The molecule has 0 aliphatic heterocycles. The van der Waals surface area contributed by atoms with E-state index in [2.05, 4.69) is 26.2 Å². The fourth-order valence-corrected chi connectivity index (χ4v) is 1.92. The fourth-order valence-electron chi connectivity index (χ4n) is 1.39. The van der Waals surface area contributed by atoms with Crippen LogP contribution in [0.15, 0.2) is 41.0 Å². The predicted molar refractivity (Wildman–Crippen MR) is 71.0 cm³/mol. The number of nitrogens with zero attached hydrogens (tertiary/aromatic N) is 2. The summed E-state index contributed by atoms with van der Waals surface area (Å²) < 4.78 is 13.3. The molecular weight excluding hydrogens is 313 g/mol. The molecular formula is C13H7BrFN3O. The minimum atomic E-state index is -0.431. The summed E-state index contributed by atoms with van der Waals surface area (Å²) in [5.74, 6) is -0.524. The van der Waals surface area contributed by atoms with E-state index in [0.717, 1.165) is 0 Å². The second-order valence-corrected chi connectivity index (χ2v) is 4.48. The molecule has 6 heteroatoms. The molecule has 0 aliphatic carbocycles. The van der Waals surface area contributed by atoms with E-state index >= 15 is 0 Å². The molecule has 19 heavy (non-hydrogen) atoms. The number of pyridine rings is 1. The maximum absolute atomic E-state index is 12.9. The molecule has 0 unspecified atom stereocenters. The first-order valence-electron chi connectivity index (χ1n) is 5.22. The van der Waals surface area contributed by atoms with Crippen LogP contribution in [0.1, 0.15) is 15.9 Å². The molecule has 1 aromatic carbocycles. The van der Waals surface area contributed by atoms with Gasteiger partial charge >= 0.3 is 0 Å². The van der Waals surface area contributed by atoms with E-state index in [4.69, 9.17) is 5.26 Å². The Morgan fingerprint density at radius 1 is 1.37 bits per heavy atom. The topological polar surface area (TPSA) is 65.8 Å². The molecule has 1 heterocycles. The minimum absolute atomic E-state index is 0.299. The standard InChI is InChI=1S/C13H7BrFN3O/c14-11-5-9(15)2-3-10(11)13(19)18-12-4-1-8(6-16)7-17-12/h1-5,7H,(H,17,18,19). The van der Waals surface area contributed by atoms with E-state index in [-0.39, 0.29) is 0 Å². The lowest BCUT2D eigenvalue weighted by molar-refractivity contribution is 0.102. The van der Waals surface area contributed by atoms with Crippen LogP contribution in [0.5, 0.6) is 0 Å². The van der Waals surface area contributed by atoms with Crippen molar-refractivity contribution in [3.63, 3.8) is 0 Å². The third kappa shape index (κ3) is 3.14. The number of benzene rings is 1. The van der Waals surface area contributed by atoms with Crippen molar-refractivity contribution in [2.45, 2.75) is 0 Å². The SMILES string of the molecule is N#Cc1ccc(NC(=O)c2ccc(F)cc2Br)nc1. The monoisotopic (exact) mass is 319 g/mol. The highest BCUT2D eigenvalue weighted by Crippen LogP contribution is 2.19. The molecule has 0 atom stereocenters. The van der Waals surface area contributed by atoms with Gasteiger partial charge in [-0.3, -0.25) is 4.79 Å². The zero-order chi connectivity index (χ0) is 13.8. The zero-order valence-electron chi connectivity index (χ0n) is 9.52. The van der Waals surface area contributed by atoms with Crippen LogP contribution >= 0.6 is 15.9 Å². The molecule has 0 bridgehead atoms. The molecule has 0 spiro atoms. The summed E-state index contributed by atoms with van der Waals surface area (Å²) in [6, 6.07) is 8.78. The number of nitriles is 1. The number of carbonyl (C=O) groups is 1. The molecule has 0 fully saturated rings. The molecule has 2 aromatic rings. The predicted octanol–water partition coefficient (Wildman–Crippen LogP) is 3.11. The third-order valence-corrected chi connectivity index (χ3v) is 2.97. The molecule has 0 radical (unpaired) electrons. The lowest BCUT2D eigenvalue weighted by Crippen LogP contribution is -2.13. The Kier molecular flexibility index (Phi) is 3.88. The maximum Gasteiger partial charge on any atom is 0.257 e. The number of halogens is 2. The van der Waals surface area contributed by atoms with Crippen LogP contribution in [-0.4, -0.2) is 10.9 Å². The van der Waals surface area contributed by atoms with Gasteiger partial charge < -0.3 is 5.32 Å². The normalized spacial score (nSPS) is 9.74. The van der Waals surface area contributed by atoms with Gasteiger partial charge in [-0.2, -0.15) is 5.26 Å². The summed E-state index contributed by atoms with van der Waals surface area (Å²) in [7, 11) is 0. The summed E-state index contributed by atoms with van der Waals surface area (Å²) in [6.45, 7) is 0. The van der Waals surface area contributed by atoms with Crippen molar-refractivity contribution in [2.75, 3.05) is 5.32 Å². The molecule has 1 aromatic heterocycles. The van der Waals surface area contributed by atoms with Crippen molar-refractivity contribution >= 4 is 27.7 Å². The Labute approximate surface area is 117 Å². The number of anilines is 1. The Hall–Kier alpha value is -2.26. The number of rotatable bonds is 2. The maximum atomic E-state index is 12.9. The first kappa shape index (κ1) is 13.2. The van der Waals surface area contributed by atoms with Crippen molar-refractivity contribution in [3.05, 3.63) is 57.9 Å². The van der Waals surface area contributed by atoms with Gasteiger partial charge in [-0.05, 0) is 46.3 Å². The highest BCUT2D eigenvalue weighted by Gasteiger charge is 2.11. The summed E-state index contributed by atoms with van der Waals surface area (Å²) in [5, 5.41) is 11.2. The van der Waals surface area contributed by atoms with Gasteiger partial charge in [-0.1, -0.05) is 0 Å². The lowest BCUT2D eigenvalue weighted by atomic mass is 10.2. The number of aromatic nitrogens is 1. The summed E-state index contributed by atoms with van der Waals surface area (Å²) in [4.78, 5) is 15.9. The van der Waals surface area contributed by atoms with Gasteiger partial charge in [-0.15, -0.1) is 0 Å². The highest BCUT2D eigenvalue weighted by molar-refractivity contribution is 9.10. The van der Waals surface area contributed by atoms with Gasteiger partial charge in [0.05, 0.1) is 11.1 Å². The van der Waals surface area contributed by atoms with Crippen LogP contribution < -0.4 is 5.32 Å². The van der Waals surface area contributed by atoms with E-state index in [9.17, 15) is 9.18 Å². The van der Waals surface area contributed by atoms with Gasteiger partial charge in [0.25, 0.3) is 5.91 Å². The molecule has 0 saturated carbocycles. The number of hydrogen-bond donors (Lipinski definition) is 1. The Morgan fingerprint density at radius 2 is 2.16 bits per heavy atom. The molecule has 0 saturated heterocycles. The number of carbonyl (C=O) groups excluding carboxylic acids is 1. The van der Waals surface area contributed by atoms with Gasteiger partial charge in [0.1, 0.15) is 17.7 Å². The Morgan fingerprint density at radius 3 is 2.74 bits per heavy atom. The molecule has 0 aliphatic rings. The van der Waals surface area contributed by atoms with Crippen LogP contribution in [0.25, 0.3) is 0 Å². The van der Waals surface area contributed by atoms with Crippen molar-refractivity contribution in [2.24, 2.45) is 0 Å². The molecule has 2 rings (SSSR count). The smallest absolute Gasteiger partial charge is 0.257 e. The highest BCUT2D eigenvalue weighted by atomic mass is 79.9. The number of nitrogens with one attached hydrogen (secondary N) is 1. The largest absolute Gasteiger partial charge is 0.307 e. The second kappa shape index (κ2) is 5.59. The van der Waals surface area contributed by atoms with Crippen molar-refractivity contribution < 1.29 is 9.18 Å². The molecule has 4 nitrogen and oxygen atoms in total. The first-order chi connectivity index (χ1) is 9.10. The summed E-state index contributed by atoms with van der Waals surface area (Å²) >= 11 is 3.12. The molecule has 1 amide bonds. The lowest BCUT2D eigenvalue weighted by Gasteiger charge is -2.06. The zero-order valence-corrected chi connectivity index (χ0v) is 11.1. The van der Waals surface area contributed by atoms with E-state index < -0.39 is 11.7 Å². The van der Waals surface area contributed by atoms with Crippen LogP contribution in [-0.2, 0) is 0 Å². The summed E-state index contributed by atoms with van der Waals surface area (Å²) in [6.07, 6.45) is 1.36. The van der Waals surface area contributed by atoms with Crippen molar-refractivity contribution in [3.8, 4) is 6.07 Å². The van der Waals surface area contributed by atoms with E-state index in [1.165, 1.54) is 30.5 Å². The minimum Gasteiger partial charge on any atom is -0.307 e. The fraction of sp³-hybridized carbons (Fsp3) is 0. The van der Waals surface area contributed by atoms with Crippen LogP contribution in [0.4, 0.5) is 10.2 Å².